The van der Waals surface area contributed by atoms with Crippen LogP contribution in [-0.2, 0) is 17.9 Å². The van der Waals surface area contributed by atoms with Crippen molar-refractivity contribution in [3.05, 3.63) is 76.1 Å². The third-order valence-electron chi connectivity index (χ3n) is 3.82. The van der Waals surface area contributed by atoms with Crippen molar-refractivity contribution in [2.24, 2.45) is 0 Å². The summed E-state index contributed by atoms with van der Waals surface area (Å²) in [6, 6.07) is 13.5. The second-order valence-corrected chi connectivity index (χ2v) is 7.27. The van der Waals surface area contributed by atoms with Crippen molar-refractivity contribution >= 4 is 17.2 Å². The quantitative estimate of drug-likeness (QED) is 0.570. The van der Waals surface area contributed by atoms with Crippen LogP contribution in [0.1, 0.15) is 21.9 Å². The lowest BCUT2D eigenvalue weighted by Gasteiger charge is -2.21. The number of rotatable bonds is 8. The van der Waals surface area contributed by atoms with Gasteiger partial charge in [0.15, 0.2) is 0 Å². The van der Waals surface area contributed by atoms with Gasteiger partial charge in [0.1, 0.15) is 17.3 Å². The highest BCUT2D eigenvalue weighted by atomic mass is 32.1. The lowest BCUT2D eigenvalue weighted by molar-refractivity contribution is -0.133. The number of hydrogen-bond acceptors (Lipinski definition) is 4. The summed E-state index contributed by atoms with van der Waals surface area (Å²) in [5.41, 5.74) is 0. The van der Waals surface area contributed by atoms with Crippen LogP contribution in [0.4, 0.5) is 4.39 Å². The van der Waals surface area contributed by atoms with Gasteiger partial charge in [-0.15, -0.1) is 11.3 Å². The van der Waals surface area contributed by atoms with E-state index in [1.807, 2.05) is 31.2 Å². The first-order valence-electron chi connectivity index (χ1n) is 8.34. The highest BCUT2D eigenvalue weighted by Crippen LogP contribution is 2.19. The Balaban J connectivity index is 1.59. The molecule has 3 rings (SSSR count). The van der Waals surface area contributed by atoms with Crippen LogP contribution >= 0.6 is 11.3 Å². The number of nitrogens with zero attached hydrogens (tertiary/aromatic N) is 1. The first-order valence-corrected chi connectivity index (χ1v) is 9.15. The molecule has 0 fully saturated rings. The van der Waals surface area contributed by atoms with Crippen molar-refractivity contribution in [3.63, 3.8) is 0 Å². The SMILES string of the molecule is Cc1ccc(CN(Cc2ccco2)C(=O)CCOc2ccc(F)cc2)s1. The highest BCUT2D eigenvalue weighted by Gasteiger charge is 2.17. The van der Waals surface area contributed by atoms with Gasteiger partial charge in [-0.05, 0) is 55.5 Å². The number of hydrogen-bond donors (Lipinski definition) is 0. The topological polar surface area (TPSA) is 42.7 Å². The predicted molar refractivity (Wildman–Crippen MR) is 98.5 cm³/mol. The van der Waals surface area contributed by atoms with Gasteiger partial charge in [0.2, 0.25) is 5.91 Å². The summed E-state index contributed by atoms with van der Waals surface area (Å²) in [5, 5.41) is 0. The van der Waals surface area contributed by atoms with E-state index in [2.05, 4.69) is 0 Å². The molecular weight excluding hydrogens is 353 g/mol. The Morgan fingerprint density at radius 2 is 1.96 bits per heavy atom. The number of ether oxygens (including phenoxy) is 1. The normalized spacial score (nSPS) is 10.7. The van der Waals surface area contributed by atoms with E-state index in [4.69, 9.17) is 9.15 Å². The van der Waals surface area contributed by atoms with E-state index < -0.39 is 0 Å². The van der Waals surface area contributed by atoms with Crippen LogP contribution in [-0.4, -0.2) is 17.4 Å². The molecule has 0 unspecified atom stereocenters. The van der Waals surface area contributed by atoms with Gasteiger partial charge < -0.3 is 14.1 Å². The van der Waals surface area contributed by atoms with Crippen LogP contribution in [0.25, 0.3) is 0 Å². The third kappa shape index (κ3) is 5.20. The summed E-state index contributed by atoms with van der Waals surface area (Å²) in [5.74, 6) is 0.954. The second-order valence-electron chi connectivity index (χ2n) is 5.89. The molecule has 0 saturated carbocycles. The molecule has 26 heavy (non-hydrogen) atoms. The molecule has 0 atom stereocenters. The fraction of sp³-hybridized carbons (Fsp3) is 0.250. The second kappa shape index (κ2) is 8.67. The summed E-state index contributed by atoms with van der Waals surface area (Å²) in [7, 11) is 0. The molecule has 0 saturated heterocycles. The summed E-state index contributed by atoms with van der Waals surface area (Å²) in [4.78, 5) is 16.8. The van der Waals surface area contributed by atoms with Crippen LogP contribution < -0.4 is 4.74 Å². The molecule has 1 aromatic carbocycles. The van der Waals surface area contributed by atoms with Crippen LogP contribution in [0.5, 0.6) is 5.75 Å². The maximum absolute atomic E-state index is 12.9. The van der Waals surface area contributed by atoms with Crippen LogP contribution in [0, 0.1) is 12.7 Å². The third-order valence-corrected chi connectivity index (χ3v) is 4.81. The molecule has 0 radical (unpaired) electrons. The summed E-state index contributed by atoms with van der Waals surface area (Å²) < 4.78 is 23.8. The largest absolute Gasteiger partial charge is 0.493 e. The summed E-state index contributed by atoms with van der Waals surface area (Å²) in [6.07, 6.45) is 1.84. The number of halogens is 1. The van der Waals surface area contributed by atoms with Crippen molar-refractivity contribution in [3.8, 4) is 5.75 Å². The van der Waals surface area contributed by atoms with E-state index in [1.165, 1.54) is 17.0 Å². The van der Waals surface area contributed by atoms with Gasteiger partial charge >= 0.3 is 0 Å². The Bertz CT molecular complexity index is 827. The van der Waals surface area contributed by atoms with Gasteiger partial charge in [0, 0.05) is 9.75 Å². The molecule has 0 N–H and O–H groups in total. The van der Waals surface area contributed by atoms with Gasteiger partial charge in [0.25, 0.3) is 0 Å². The minimum absolute atomic E-state index is 0.0189. The molecule has 2 aromatic heterocycles. The molecule has 0 aliphatic rings. The molecular formula is C20H20FNO3S. The Hall–Kier alpha value is -2.60. The van der Waals surface area contributed by atoms with Gasteiger partial charge in [-0.1, -0.05) is 0 Å². The number of thiophene rings is 1. The molecule has 1 amide bonds. The Morgan fingerprint density at radius 3 is 2.62 bits per heavy atom. The first-order chi connectivity index (χ1) is 12.6. The van der Waals surface area contributed by atoms with Crippen molar-refractivity contribution in [2.75, 3.05) is 6.61 Å². The van der Waals surface area contributed by atoms with Crippen molar-refractivity contribution in [1.29, 1.82) is 0 Å². The molecule has 0 aliphatic heterocycles. The molecule has 6 heteroatoms. The number of amides is 1. The zero-order valence-electron chi connectivity index (χ0n) is 14.5. The fourth-order valence-electron chi connectivity index (χ4n) is 2.53. The summed E-state index contributed by atoms with van der Waals surface area (Å²) in [6.45, 7) is 3.24. The van der Waals surface area contributed by atoms with Gasteiger partial charge in [-0.3, -0.25) is 4.79 Å². The Kier molecular flexibility index (Phi) is 6.07. The average molecular weight is 373 g/mol. The molecule has 0 aliphatic carbocycles. The fourth-order valence-corrected chi connectivity index (χ4v) is 3.43. The molecule has 3 aromatic rings. The van der Waals surface area contributed by atoms with E-state index in [0.717, 1.165) is 10.6 Å². The lowest BCUT2D eigenvalue weighted by atomic mass is 10.3. The monoisotopic (exact) mass is 373 g/mol. The first kappa shape index (κ1) is 18.2. The molecule has 2 heterocycles. The van der Waals surface area contributed by atoms with Crippen molar-refractivity contribution in [1.82, 2.24) is 4.90 Å². The number of carbonyl (C=O) groups excluding carboxylic acids is 1. The molecule has 0 spiro atoms. The molecule has 0 bridgehead atoms. The van der Waals surface area contributed by atoms with E-state index in [1.54, 1.807) is 34.6 Å². The number of aryl methyl sites for hydroxylation is 1. The van der Waals surface area contributed by atoms with Crippen molar-refractivity contribution in [2.45, 2.75) is 26.4 Å². The Morgan fingerprint density at radius 1 is 1.15 bits per heavy atom. The lowest BCUT2D eigenvalue weighted by Crippen LogP contribution is -2.30. The molecule has 4 nitrogen and oxygen atoms in total. The number of furan rings is 1. The molecule has 136 valence electrons. The van der Waals surface area contributed by atoms with E-state index >= 15 is 0 Å². The average Bonchev–Trinajstić information content (AvgIpc) is 3.28. The van der Waals surface area contributed by atoms with Crippen LogP contribution in [0.3, 0.4) is 0 Å². The van der Waals surface area contributed by atoms with Crippen molar-refractivity contribution < 1.29 is 18.3 Å². The maximum atomic E-state index is 12.9. The van der Waals surface area contributed by atoms with Gasteiger partial charge in [0.05, 0.1) is 32.4 Å². The van der Waals surface area contributed by atoms with Gasteiger partial charge in [-0.2, -0.15) is 0 Å². The minimum Gasteiger partial charge on any atom is -0.493 e. The maximum Gasteiger partial charge on any atom is 0.226 e. The zero-order chi connectivity index (χ0) is 18.4. The van der Waals surface area contributed by atoms with E-state index in [9.17, 15) is 9.18 Å². The zero-order valence-corrected chi connectivity index (χ0v) is 15.3. The van der Waals surface area contributed by atoms with E-state index in [0.29, 0.717) is 18.8 Å². The highest BCUT2D eigenvalue weighted by molar-refractivity contribution is 7.11. The Labute approximate surface area is 155 Å². The predicted octanol–water partition coefficient (Wildman–Crippen LogP) is 4.79. The number of carbonyl (C=O) groups is 1. The smallest absolute Gasteiger partial charge is 0.226 e. The van der Waals surface area contributed by atoms with Crippen LogP contribution in [0.2, 0.25) is 0 Å². The van der Waals surface area contributed by atoms with Crippen LogP contribution in [0.15, 0.2) is 59.2 Å². The standard InChI is InChI=1S/C20H20FNO3S/c1-15-4-9-19(26-15)14-22(13-18-3-2-11-24-18)20(23)10-12-25-17-7-5-16(21)6-8-17/h2-9,11H,10,12-14H2,1H3. The van der Waals surface area contributed by atoms with E-state index in [-0.39, 0.29) is 24.8 Å². The summed E-state index contributed by atoms with van der Waals surface area (Å²) >= 11 is 1.68. The van der Waals surface area contributed by atoms with Gasteiger partial charge in [-0.25, -0.2) is 4.39 Å². The minimum atomic E-state index is -0.315. The number of benzene rings is 1.